The molecule has 1 heteroatoms. The Hall–Kier alpha value is -0.300. The quantitative estimate of drug-likeness (QED) is 0.522. The average molecular weight is 184 g/mol. The van der Waals surface area contributed by atoms with Crippen molar-refractivity contribution in [3.05, 3.63) is 12.2 Å². The monoisotopic (exact) mass is 184 g/mol. The van der Waals surface area contributed by atoms with Crippen molar-refractivity contribution >= 4 is 0 Å². The Morgan fingerprint density at radius 1 is 0.769 bits per heavy atom. The van der Waals surface area contributed by atoms with Gasteiger partial charge in [-0.25, -0.2) is 0 Å². The molecule has 2 heterocycles. The van der Waals surface area contributed by atoms with Crippen molar-refractivity contribution < 1.29 is 4.74 Å². The standard InChI is InChI=1S/C8H12O.2C2H6/c1-5-6(2)8-4-3-7(5)9-8;2*1-2/h3-8H,1-2H3;2*1-2H3. The fourth-order valence-corrected chi connectivity index (χ4v) is 1.69. The van der Waals surface area contributed by atoms with Crippen LogP contribution in [0.5, 0.6) is 0 Å². The van der Waals surface area contributed by atoms with Crippen LogP contribution in [-0.4, -0.2) is 12.2 Å². The molecule has 0 aromatic carbocycles. The van der Waals surface area contributed by atoms with Crippen molar-refractivity contribution in [3.63, 3.8) is 0 Å². The van der Waals surface area contributed by atoms with Gasteiger partial charge >= 0.3 is 0 Å². The highest BCUT2D eigenvalue weighted by Gasteiger charge is 2.39. The molecular weight excluding hydrogens is 160 g/mol. The van der Waals surface area contributed by atoms with Gasteiger partial charge in [0, 0.05) is 0 Å². The van der Waals surface area contributed by atoms with E-state index >= 15 is 0 Å². The Kier molecular flexibility index (Phi) is 6.06. The third-order valence-electron chi connectivity index (χ3n) is 2.67. The maximum atomic E-state index is 5.59. The lowest BCUT2D eigenvalue weighted by Gasteiger charge is -2.15. The van der Waals surface area contributed by atoms with Crippen molar-refractivity contribution in [1.29, 1.82) is 0 Å². The molecule has 0 amide bonds. The van der Waals surface area contributed by atoms with Gasteiger partial charge in [-0.3, -0.25) is 0 Å². The molecule has 1 fully saturated rings. The van der Waals surface area contributed by atoms with E-state index in [0.717, 1.165) is 11.8 Å². The molecule has 0 radical (unpaired) electrons. The number of ether oxygens (including phenoxy) is 1. The summed E-state index contributed by atoms with van der Waals surface area (Å²) in [6.45, 7) is 12.5. The van der Waals surface area contributed by atoms with Crippen LogP contribution in [-0.2, 0) is 4.74 Å². The van der Waals surface area contributed by atoms with Gasteiger partial charge in [-0.1, -0.05) is 53.7 Å². The fraction of sp³-hybridized carbons (Fsp3) is 0.833. The van der Waals surface area contributed by atoms with Gasteiger partial charge in [-0.05, 0) is 11.8 Å². The van der Waals surface area contributed by atoms with E-state index in [1.807, 2.05) is 27.7 Å². The predicted octanol–water partition coefficient (Wildman–Crippen LogP) is 3.65. The van der Waals surface area contributed by atoms with E-state index in [4.69, 9.17) is 4.74 Å². The zero-order chi connectivity index (χ0) is 10.4. The molecule has 2 rings (SSSR count). The molecular formula is C12H24O. The number of hydrogen-bond acceptors (Lipinski definition) is 1. The first kappa shape index (κ1) is 12.7. The van der Waals surface area contributed by atoms with E-state index < -0.39 is 0 Å². The molecule has 0 aromatic rings. The first-order valence-corrected chi connectivity index (χ1v) is 5.63. The lowest BCUT2D eigenvalue weighted by Crippen LogP contribution is -2.17. The van der Waals surface area contributed by atoms with Gasteiger partial charge in [0.2, 0.25) is 0 Å². The summed E-state index contributed by atoms with van der Waals surface area (Å²) in [6.07, 6.45) is 5.25. The van der Waals surface area contributed by atoms with Crippen LogP contribution in [0, 0.1) is 11.8 Å². The van der Waals surface area contributed by atoms with E-state index in [-0.39, 0.29) is 0 Å². The van der Waals surface area contributed by atoms with E-state index in [0.29, 0.717) is 12.2 Å². The minimum atomic E-state index is 0.435. The molecule has 13 heavy (non-hydrogen) atoms. The molecule has 4 unspecified atom stereocenters. The smallest absolute Gasteiger partial charge is 0.0794 e. The SMILES string of the molecule is CC.CC.CC1C2C=CC(O2)C1C. The van der Waals surface area contributed by atoms with Crippen molar-refractivity contribution in [2.75, 3.05) is 0 Å². The largest absolute Gasteiger partial charge is 0.366 e. The number of hydrogen-bond donors (Lipinski definition) is 0. The molecule has 1 nitrogen and oxygen atoms in total. The van der Waals surface area contributed by atoms with Crippen LogP contribution in [0.4, 0.5) is 0 Å². The first-order valence-electron chi connectivity index (χ1n) is 5.63. The summed E-state index contributed by atoms with van der Waals surface area (Å²) in [5.41, 5.74) is 0. The minimum absolute atomic E-state index is 0.435. The van der Waals surface area contributed by atoms with Gasteiger partial charge in [0.1, 0.15) is 0 Å². The lowest BCUT2D eigenvalue weighted by molar-refractivity contribution is 0.105. The second kappa shape index (κ2) is 6.20. The minimum Gasteiger partial charge on any atom is -0.366 e. The number of fused-ring (bicyclic) bond motifs is 2. The molecule has 78 valence electrons. The summed E-state index contributed by atoms with van der Waals surface area (Å²) in [5.74, 6) is 1.47. The normalized spacial score (nSPS) is 38.9. The zero-order valence-corrected chi connectivity index (χ0v) is 9.87. The average Bonchev–Trinajstić information content (AvgIpc) is 2.78. The van der Waals surface area contributed by atoms with Crippen LogP contribution in [0.3, 0.4) is 0 Å². The maximum absolute atomic E-state index is 5.59. The highest BCUT2D eigenvalue weighted by atomic mass is 16.5. The van der Waals surface area contributed by atoms with E-state index in [9.17, 15) is 0 Å². The zero-order valence-electron chi connectivity index (χ0n) is 9.87. The van der Waals surface area contributed by atoms with Crippen LogP contribution >= 0.6 is 0 Å². The molecule has 0 aromatic heterocycles. The van der Waals surface area contributed by atoms with Crippen molar-refractivity contribution in [1.82, 2.24) is 0 Å². The van der Waals surface area contributed by atoms with Gasteiger partial charge in [0.25, 0.3) is 0 Å². The van der Waals surface area contributed by atoms with Gasteiger partial charge in [0.15, 0.2) is 0 Å². The van der Waals surface area contributed by atoms with Crippen molar-refractivity contribution in [3.8, 4) is 0 Å². The van der Waals surface area contributed by atoms with E-state index in [2.05, 4.69) is 26.0 Å². The van der Waals surface area contributed by atoms with E-state index in [1.165, 1.54) is 0 Å². The van der Waals surface area contributed by atoms with Crippen LogP contribution < -0.4 is 0 Å². The molecule has 0 spiro atoms. The van der Waals surface area contributed by atoms with E-state index in [1.54, 1.807) is 0 Å². The Labute approximate surface area is 83.2 Å². The van der Waals surface area contributed by atoms with Crippen LogP contribution in [0.15, 0.2) is 12.2 Å². The second-order valence-corrected chi connectivity index (χ2v) is 3.17. The molecule has 2 aliphatic rings. The molecule has 0 saturated carbocycles. The summed E-state index contributed by atoms with van der Waals surface area (Å²) < 4.78 is 5.59. The summed E-state index contributed by atoms with van der Waals surface area (Å²) >= 11 is 0. The van der Waals surface area contributed by atoms with Gasteiger partial charge < -0.3 is 4.74 Å². The Bertz CT molecular complexity index is 135. The molecule has 0 aliphatic carbocycles. The molecule has 2 aliphatic heterocycles. The highest BCUT2D eigenvalue weighted by Crippen LogP contribution is 2.37. The second-order valence-electron chi connectivity index (χ2n) is 3.17. The Balaban J connectivity index is 0.000000322. The van der Waals surface area contributed by atoms with Crippen LogP contribution in [0.25, 0.3) is 0 Å². The molecule has 2 bridgehead atoms. The van der Waals surface area contributed by atoms with Crippen LogP contribution in [0.2, 0.25) is 0 Å². The highest BCUT2D eigenvalue weighted by molar-refractivity contribution is 5.12. The molecule has 0 N–H and O–H groups in total. The Morgan fingerprint density at radius 2 is 1.08 bits per heavy atom. The first-order chi connectivity index (χ1) is 6.29. The topological polar surface area (TPSA) is 9.23 Å². The van der Waals surface area contributed by atoms with Crippen molar-refractivity contribution in [2.45, 2.75) is 53.8 Å². The third kappa shape index (κ3) is 2.57. The summed E-state index contributed by atoms with van der Waals surface area (Å²) in [5, 5.41) is 0. The predicted molar refractivity (Wildman–Crippen MR) is 58.8 cm³/mol. The maximum Gasteiger partial charge on any atom is 0.0794 e. The lowest BCUT2D eigenvalue weighted by atomic mass is 9.86. The Morgan fingerprint density at radius 3 is 1.23 bits per heavy atom. The van der Waals surface area contributed by atoms with Gasteiger partial charge in [0.05, 0.1) is 12.2 Å². The summed E-state index contributed by atoms with van der Waals surface area (Å²) in [7, 11) is 0. The van der Waals surface area contributed by atoms with Gasteiger partial charge in [-0.15, -0.1) is 0 Å². The fourth-order valence-electron chi connectivity index (χ4n) is 1.69. The number of rotatable bonds is 0. The molecule has 1 saturated heterocycles. The third-order valence-corrected chi connectivity index (χ3v) is 2.67. The van der Waals surface area contributed by atoms with Crippen LogP contribution in [0.1, 0.15) is 41.5 Å². The molecule has 4 atom stereocenters. The van der Waals surface area contributed by atoms with Gasteiger partial charge in [-0.2, -0.15) is 0 Å². The summed E-state index contributed by atoms with van der Waals surface area (Å²) in [4.78, 5) is 0. The van der Waals surface area contributed by atoms with Crippen molar-refractivity contribution in [2.24, 2.45) is 11.8 Å². The summed E-state index contributed by atoms with van der Waals surface area (Å²) in [6, 6.07) is 0.